The van der Waals surface area contributed by atoms with E-state index in [1.54, 1.807) is 24.3 Å². The largest absolute Gasteiger partial charge is 0.388 e. The molecule has 0 amide bonds. The van der Waals surface area contributed by atoms with Gasteiger partial charge in [0.25, 0.3) is 0 Å². The highest BCUT2D eigenvalue weighted by molar-refractivity contribution is 6.10. The first-order valence-electron chi connectivity index (χ1n) is 4.22. The third-order valence-electron chi connectivity index (χ3n) is 1.68. The summed E-state index contributed by atoms with van der Waals surface area (Å²) in [6.07, 6.45) is 0. The Hall–Kier alpha value is -2.53. The SMILES string of the molecule is CNc1ccc(NN=C(C#N)C#N)cc1. The lowest BCUT2D eigenvalue weighted by Crippen LogP contribution is -1.96. The molecule has 0 bridgehead atoms. The Morgan fingerprint density at radius 3 is 2.13 bits per heavy atom. The van der Waals surface area contributed by atoms with Crippen molar-refractivity contribution in [3.8, 4) is 12.1 Å². The van der Waals surface area contributed by atoms with Crippen LogP contribution in [0.25, 0.3) is 0 Å². The number of nitrogens with zero attached hydrogens (tertiary/aromatic N) is 3. The summed E-state index contributed by atoms with van der Waals surface area (Å²) in [6.45, 7) is 0. The van der Waals surface area contributed by atoms with Crippen LogP contribution in [0.2, 0.25) is 0 Å². The molecule has 5 nitrogen and oxygen atoms in total. The molecule has 0 atom stereocenters. The van der Waals surface area contributed by atoms with E-state index in [2.05, 4.69) is 15.8 Å². The molecule has 0 aliphatic rings. The van der Waals surface area contributed by atoms with Crippen molar-refractivity contribution >= 4 is 17.1 Å². The summed E-state index contributed by atoms with van der Waals surface area (Å²) >= 11 is 0. The highest BCUT2D eigenvalue weighted by Gasteiger charge is 1.94. The molecular weight excluding hydrogens is 190 g/mol. The van der Waals surface area contributed by atoms with E-state index in [1.807, 2.05) is 19.2 Å². The quantitative estimate of drug-likeness (QED) is 0.571. The number of hydrogen-bond acceptors (Lipinski definition) is 5. The van der Waals surface area contributed by atoms with Crippen molar-refractivity contribution in [2.75, 3.05) is 17.8 Å². The Labute approximate surface area is 87.6 Å². The second-order valence-corrected chi connectivity index (χ2v) is 2.62. The summed E-state index contributed by atoms with van der Waals surface area (Å²) in [7, 11) is 1.82. The molecule has 0 spiro atoms. The average molecular weight is 199 g/mol. The molecule has 15 heavy (non-hydrogen) atoms. The molecule has 0 unspecified atom stereocenters. The number of rotatable bonds is 3. The molecule has 0 radical (unpaired) electrons. The first-order chi connectivity index (χ1) is 7.30. The molecule has 74 valence electrons. The van der Waals surface area contributed by atoms with Crippen LogP contribution in [0.1, 0.15) is 0 Å². The molecular formula is C10H9N5. The van der Waals surface area contributed by atoms with Crippen LogP contribution in [-0.2, 0) is 0 Å². The van der Waals surface area contributed by atoms with Crippen molar-refractivity contribution in [1.29, 1.82) is 10.5 Å². The monoisotopic (exact) mass is 199 g/mol. The van der Waals surface area contributed by atoms with Crippen LogP contribution in [0, 0.1) is 22.7 Å². The van der Waals surface area contributed by atoms with Gasteiger partial charge in [-0.15, -0.1) is 0 Å². The minimum atomic E-state index is -0.201. The third-order valence-corrected chi connectivity index (χ3v) is 1.68. The van der Waals surface area contributed by atoms with Gasteiger partial charge in [0.1, 0.15) is 12.1 Å². The number of benzene rings is 1. The minimum absolute atomic E-state index is 0.201. The Morgan fingerprint density at radius 1 is 1.13 bits per heavy atom. The van der Waals surface area contributed by atoms with Crippen molar-refractivity contribution in [2.45, 2.75) is 0 Å². The van der Waals surface area contributed by atoms with E-state index in [9.17, 15) is 0 Å². The van der Waals surface area contributed by atoms with Crippen molar-refractivity contribution in [1.82, 2.24) is 0 Å². The standard InChI is InChI=1S/C10H9N5/c1-13-8-2-4-9(5-3-8)14-15-10(6-11)7-12/h2-5,13-14H,1H3. The third kappa shape index (κ3) is 3.02. The molecule has 1 aromatic rings. The second kappa shape index (κ2) is 5.25. The number of nitrogens with one attached hydrogen (secondary N) is 2. The lowest BCUT2D eigenvalue weighted by molar-refractivity contribution is 1.33. The van der Waals surface area contributed by atoms with Crippen molar-refractivity contribution < 1.29 is 0 Å². The van der Waals surface area contributed by atoms with E-state index in [0.29, 0.717) is 0 Å². The maximum atomic E-state index is 8.43. The predicted octanol–water partition coefficient (Wildman–Crippen LogP) is 1.54. The molecule has 1 aromatic carbocycles. The van der Waals surface area contributed by atoms with Crippen LogP contribution in [0.15, 0.2) is 29.4 Å². The molecule has 2 N–H and O–H groups in total. The first kappa shape index (κ1) is 10.6. The van der Waals surface area contributed by atoms with Gasteiger partial charge in [-0.2, -0.15) is 15.6 Å². The predicted molar refractivity (Wildman–Crippen MR) is 58.3 cm³/mol. The number of hydrogen-bond donors (Lipinski definition) is 2. The highest BCUT2D eigenvalue weighted by atomic mass is 15.3. The maximum absolute atomic E-state index is 8.43. The zero-order valence-corrected chi connectivity index (χ0v) is 8.15. The van der Waals surface area contributed by atoms with Crippen LogP contribution in [-0.4, -0.2) is 12.8 Å². The lowest BCUT2D eigenvalue weighted by atomic mass is 10.3. The van der Waals surface area contributed by atoms with Crippen LogP contribution < -0.4 is 10.7 Å². The molecule has 0 aliphatic heterocycles. The van der Waals surface area contributed by atoms with Crippen molar-refractivity contribution in [3.63, 3.8) is 0 Å². The second-order valence-electron chi connectivity index (χ2n) is 2.62. The molecule has 0 heterocycles. The zero-order chi connectivity index (χ0) is 11.1. The smallest absolute Gasteiger partial charge is 0.237 e. The van der Waals surface area contributed by atoms with Gasteiger partial charge >= 0.3 is 0 Å². The topological polar surface area (TPSA) is 84.0 Å². The fourth-order valence-electron chi connectivity index (χ4n) is 0.907. The van der Waals surface area contributed by atoms with E-state index in [1.165, 1.54) is 0 Å². The first-order valence-corrected chi connectivity index (χ1v) is 4.22. The van der Waals surface area contributed by atoms with Crippen LogP contribution in [0.3, 0.4) is 0 Å². The van der Waals surface area contributed by atoms with E-state index in [-0.39, 0.29) is 5.71 Å². The normalized spacial score (nSPS) is 8.20. The lowest BCUT2D eigenvalue weighted by Gasteiger charge is -2.02. The molecule has 0 saturated carbocycles. The highest BCUT2D eigenvalue weighted by Crippen LogP contribution is 2.12. The molecule has 0 fully saturated rings. The van der Waals surface area contributed by atoms with Crippen LogP contribution in [0.5, 0.6) is 0 Å². The van der Waals surface area contributed by atoms with Gasteiger partial charge in [0.15, 0.2) is 0 Å². The molecule has 5 heteroatoms. The van der Waals surface area contributed by atoms with Gasteiger partial charge < -0.3 is 5.32 Å². The Morgan fingerprint density at radius 2 is 1.67 bits per heavy atom. The minimum Gasteiger partial charge on any atom is -0.388 e. The number of hydrazone groups is 1. The van der Waals surface area contributed by atoms with Gasteiger partial charge in [-0.25, -0.2) is 0 Å². The van der Waals surface area contributed by atoms with Crippen molar-refractivity contribution in [3.05, 3.63) is 24.3 Å². The van der Waals surface area contributed by atoms with Crippen LogP contribution >= 0.6 is 0 Å². The van der Waals surface area contributed by atoms with Gasteiger partial charge in [0.2, 0.25) is 5.71 Å². The summed E-state index contributed by atoms with van der Waals surface area (Å²) in [4.78, 5) is 0. The molecule has 0 aliphatic carbocycles. The fraction of sp³-hybridized carbons (Fsp3) is 0.100. The van der Waals surface area contributed by atoms with Gasteiger partial charge in [0.05, 0.1) is 5.69 Å². The summed E-state index contributed by atoms with van der Waals surface area (Å²) in [5, 5.41) is 23.4. The maximum Gasteiger partial charge on any atom is 0.237 e. The summed E-state index contributed by atoms with van der Waals surface area (Å²) in [5.74, 6) is 0. The van der Waals surface area contributed by atoms with Gasteiger partial charge in [0, 0.05) is 12.7 Å². The van der Waals surface area contributed by atoms with E-state index >= 15 is 0 Å². The van der Waals surface area contributed by atoms with Crippen LogP contribution in [0.4, 0.5) is 11.4 Å². The summed E-state index contributed by atoms with van der Waals surface area (Å²) < 4.78 is 0. The molecule has 1 rings (SSSR count). The van der Waals surface area contributed by atoms with Gasteiger partial charge in [-0.05, 0) is 24.3 Å². The van der Waals surface area contributed by atoms with E-state index < -0.39 is 0 Å². The Bertz CT molecular complexity index is 416. The number of anilines is 2. The average Bonchev–Trinajstić information content (AvgIpc) is 2.31. The Kier molecular flexibility index (Phi) is 3.70. The number of nitriles is 2. The molecule has 0 saturated heterocycles. The van der Waals surface area contributed by atoms with Gasteiger partial charge in [-0.1, -0.05) is 0 Å². The Balaban J connectivity index is 2.71. The van der Waals surface area contributed by atoms with E-state index in [4.69, 9.17) is 10.5 Å². The fourth-order valence-corrected chi connectivity index (χ4v) is 0.907. The summed E-state index contributed by atoms with van der Waals surface area (Å²) in [5.41, 5.74) is 4.11. The van der Waals surface area contributed by atoms with Gasteiger partial charge in [-0.3, -0.25) is 5.43 Å². The summed E-state index contributed by atoms with van der Waals surface area (Å²) in [6, 6.07) is 10.6. The van der Waals surface area contributed by atoms with Crippen molar-refractivity contribution in [2.24, 2.45) is 5.10 Å². The zero-order valence-electron chi connectivity index (χ0n) is 8.15. The van der Waals surface area contributed by atoms with E-state index in [0.717, 1.165) is 11.4 Å². The molecule has 0 aromatic heterocycles.